The number of rotatable bonds is 8. The molecule has 2 aromatic heterocycles. The number of benzene rings is 2. The third kappa shape index (κ3) is 5.62. The van der Waals surface area contributed by atoms with Crippen molar-refractivity contribution in [2.24, 2.45) is 5.41 Å². The number of likely N-dealkylation sites (tertiary alicyclic amines) is 2. The summed E-state index contributed by atoms with van der Waals surface area (Å²) in [5.74, 6) is -2.03. The molecule has 2 spiro atoms. The van der Waals surface area contributed by atoms with Crippen molar-refractivity contribution in [3.05, 3.63) is 65.5 Å². The number of hydrogen-bond acceptors (Lipinski definition) is 7. The lowest BCUT2D eigenvalue weighted by atomic mass is 9.73. The summed E-state index contributed by atoms with van der Waals surface area (Å²) in [6, 6.07) is 14.2. The number of nitrogens with zero attached hydrogens (tertiary/aromatic N) is 6. The molecular weight excluding hydrogens is 715 g/mol. The van der Waals surface area contributed by atoms with E-state index in [0.29, 0.717) is 62.5 Å². The predicted octanol–water partition coefficient (Wildman–Crippen LogP) is 6.97. The number of hydrogen-bond donors (Lipinski definition) is 2. The highest BCUT2D eigenvalue weighted by Gasteiger charge is 2.73. The number of carbonyl (C=O) groups is 3. The molecule has 0 radical (unpaired) electrons. The van der Waals surface area contributed by atoms with Gasteiger partial charge in [-0.1, -0.05) is 25.1 Å². The number of pyridine rings is 1. The van der Waals surface area contributed by atoms with E-state index in [-0.39, 0.29) is 42.3 Å². The van der Waals surface area contributed by atoms with E-state index >= 15 is 0 Å². The van der Waals surface area contributed by atoms with Crippen molar-refractivity contribution >= 4 is 45.9 Å². The van der Waals surface area contributed by atoms with E-state index in [2.05, 4.69) is 46.1 Å². The topological polar surface area (TPSA) is 116 Å². The second-order valence-corrected chi connectivity index (χ2v) is 17.0. The standard InChI is InChI=1S/C43H50F2N8O3/c1-6-26(3)52-24-47-35-21-34(49-38(37(35)52)48-29-9-7-25(2)32(18-29)39(55)46-5)28-8-10-33-36(17-28)53(40(56)42(33)12-15-50(16-13-42)27(4)54)31-19-30(20-31)51-14-11-41(23-51)22-43(41,44)45/h7-10,17-18,21,24,26,30-31H,6,11-16,19-20,22-23H2,1-5H3,(H,46,55)(H,48,49)/t26-,30-,31+,41?/m0/s1. The summed E-state index contributed by atoms with van der Waals surface area (Å²) in [7, 11) is 1.62. The Morgan fingerprint density at radius 3 is 2.43 bits per heavy atom. The van der Waals surface area contributed by atoms with Crippen LogP contribution in [0.4, 0.5) is 26.0 Å². The molecule has 3 amide bonds. The summed E-state index contributed by atoms with van der Waals surface area (Å²) in [5, 5.41) is 6.25. The molecule has 9 rings (SSSR count). The molecule has 2 aromatic carbocycles. The molecule has 1 unspecified atom stereocenters. The van der Waals surface area contributed by atoms with E-state index in [1.165, 1.54) is 0 Å². The summed E-state index contributed by atoms with van der Waals surface area (Å²) < 4.78 is 30.6. The van der Waals surface area contributed by atoms with Gasteiger partial charge in [-0.15, -0.1) is 0 Å². The number of carbonyl (C=O) groups excluding carboxylic acids is 3. The maximum atomic E-state index is 14.8. The molecule has 294 valence electrons. The fourth-order valence-electron chi connectivity index (χ4n) is 9.95. The summed E-state index contributed by atoms with van der Waals surface area (Å²) in [6.45, 7) is 9.90. The Hall–Kier alpha value is -4.91. The van der Waals surface area contributed by atoms with Crippen LogP contribution in [-0.4, -0.2) is 93.3 Å². The van der Waals surface area contributed by atoms with Crippen LogP contribution in [0.2, 0.25) is 0 Å². The minimum Gasteiger partial charge on any atom is -0.355 e. The van der Waals surface area contributed by atoms with E-state index in [1.54, 1.807) is 14.0 Å². The second-order valence-electron chi connectivity index (χ2n) is 17.0. The van der Waals surface area contributed by atoms with Crippen LogP contribution in [0.1, 0.15) is 93.2 Å². The predicted molar refractivity (Wildman–Crippen MR) is 211 cm³/mol. The van der Waals surface area contributed by atoms with Crippen molar-refractivity contribution in [3.63, 3.8) is 0 Å². The number of halogens is 2. The average Bonchev–Trinajstić information content (AvgIpc) is 3.56. The monoisotopic (exact) mass is 764 g/mol. The first-order chi connectivity index (χ1) is 26.8. The van der Waals surface area contributed by atoms with Gasteiger partial charge in [0.15, 0.2) is 5.82 Å². The molecule has 3 aliphatic heterocycles. The first kappa shape index (κ1) is 36.7. The van der Waals surface area contributed by atoms with Gasteiger partial charge < -0.3 is 25.0 Å². The SMILES string of the molecule is CC[C@H](C)n1cnc2cc(-c3ccc4c(c3)N([C@H]3C[C@@H](N5CCC6(C5)CC6(F)F)C3)C(=O)C43CCN(C(C)=O)CC3)nc(Nc3ccc(C)c(C(=O)NC)c3)c21. The first-order valence-electron chi connectivity index (χ1n) is 20.1. The highest BCUT2D eigenvalue weighted by molar-refractivity contribution is 6.09. The van der Waals surface area contributed by atoms with Crippen molar-refractivity contribution in [3.8, 4) is 11.3 Å². The highest BCUT2D eigenvalue weighted by Crippen LogP contribution is 2.65. The van der Waals surface area contributed by atoms with Gasteiger partial charge in [0.2, 0.25) is 11.8 Å². The average molecular weight is 765 g/mol. The normalized spacial score (nSPS) is 25.4. The number of piperidine rings is 1. The Morgan fingerprint density at radius 2 is 1.77 bits per heavy atom. The van der Waals surface area contributed by atoms with E-state index < -0.39 is 16.8 Å². The lowest BCUT2D eigenvalue weighted by Crippen LogP contribution is -2.57. The third-order valence-corrected chi connectivity index (χ3v) is 13.9. The molecule has 4 fully saturated rings. The van der Waals surface area contributed by atoms with Crippen LogP contribution in [0.15, 0.2) is 48.8 Å². The van der Waals surface area contributed by atoms with Crippen LogP contribution in [0.25, 0.3) is 22.3 Å². The molecule has 4 aromatic rings. The molecule has 2 N–H and O–H groups in total. The molecule has 2 aliphatic carbocycles. The molecule has 13 heteroatoms. The molecule has 56 heavy (non-hydrogen) atoms. The minimum atomic E-state index is -2.56. The lowest BCUT2D eigenvalue weighted by Gasteiger charge is -2.46. The minimum absolute atomic E-state index is 0.00971. The Kier molecular flexibility index (Phi) is 8.57. The van der Waals surface area contributed by atoms with Crippen LogP contribution in [-0.2, 0) is 15.0 Å². The van der Waals surface area contributed by atoms with Gasteiger partial charge in [-0.05, 0) is 94.3 Å². The Morgan fingerprint density at radius 1 is 1.02 bits per heavy atom. The number of alkyl halides is 2. The number of amides is 3. The number of aryl methyl sites for hydroxylation is 1. The zero-order valence-corrected chi connectivity index (χ0v) is 32.8. The van der Waals surface area contributed by atoms with Crippen molar-refractivity contribution in [1.29, 1.82) is 0 Å². The van der Waals surface area contributed by atoms with Crippen molar-refractivity contribution in [2.75, 3.05) is 43.4 Å². The molecular formula is C43H50F2N8O3. The molecule has 11 nitrogen and oxygen atoms in total. The van der Waals surface area contributed by atoms with Gasteiger partial charge in [0, 0.05) is 80.7 Å². The van der Waals surface area contributed by atoms with Crippen LogP contribution in [0.3, 0.4) is 0 Å². The van der Waals surface area contributed by atoms with Gasteiger partial charge in [-0.3, -0.25) is 19.3 Å². The zero-order valence-electron chi connectivity index (χ0n) is 32.8. The van der Waals surface area contributed by atoms with Gasteiger partial charge in [0.25, 0.3) is 11.8 Å². The number of fused-ring (bicyclic) bond motifs is 3. The Balaban J connectivity index is 1.09. The van der Waals surface area contributed by atoms with Crippen molar-refractivity contribution in [1.82, 2.24) is 29.7 Å². The van der Waals surface area contributed by atoms with Crippen LogP contribution in [0.5, 0.6) is 0 Å². The van der Waals surface area contributed by atoms with Gasteiger partial charge in [0.05, 0.1) is 28.4 Å². The molecule has 5 heterocycles. The van der Waals surface area contributed by atoms with Gasteiger partial charge in [-0.2, -0.15) is 0 Å². The van der Waals surface area contributed by atoms with Gasteiger partial charge in [0.1, 0.15) is 5.52 Å². The quantitative estimate of drug-likeness (QED) is 0.199. The molecule has 0 bridgehead atoms. The van der Waals surface area contributed by atoms with E-state index in [0.717, 1.165) is 58.4 Å². The fraction of sp³-hybridized carbons (Fsp3) is 0.512. The zero-order chi connectivity index (χ0) is 39.3. The van der Waals surface area contributed by atoms with Crippen molar-refractivity contribution < 1.29 is 23.2 Å². The number of aromatic nitrogens is 3. The third-order valence-electron chi connectivity index (χ3n) is 13.9. The number of nitrogens with one attached hydrogen (secondary N) is 2. The van der Waals surface area contributed by atoms with E-state index in [4.69, 9.17) is 9.97 Å². The number of imidazole rings is 1. The van der Waals surface area contributed by atoms with Gasteiger partial charge >= 0.3 is 0 Å². The summed E-state index contributed by atoms with van der Waals surface area (Å²) in [6.07, 6.45) is 5.85. The molecule has 2 atom stereocenters. The number of anilines is 3. The molecule has 2 saturated carbocycles. The summed E-state index contributed by atoms with van der Waals surface area (Å²) >= 11 is 0. The van der Waals surface area contributed by atoms with E-state index in [9.17, 15) is 23.2 Å². The first-order valence-corrected chi connectivity index (χ1v) is 20.1. The smallest absolute Gasteiger partial charge is 0.255 e. The summed E-state index contributed by atoms with van der Waals surface area (Å²) in [4.78, 5) is 55.9. The molecule has 5 aliphatic rings. The maximum absolute atomic E-state index is 14.8. The van der Waals surface area contributed by atoms with E-state index in [1.807, 2.05) is 53.4 Å². The maximum Gasteiger partial charge on any atom is 0.255 e. The second kappa shape index (κ2) is 13.1. The summed E-state index contributed by atoms with van der Waals surface area (Å²) in [5.41, 5.74) is 5.57. The Bertz CT molecular complexity index is 2280. The van der Waals surface area contributed by atoms with Crippen LogP contribution >= 0.6 is 0 Å². The Labute approximate surface area is 325 Å². The fourth-order valence-corrected chi connectivity index (χ4v) is 9.95. The van der Waals surface area contributed by atoms with Gasteiger partial charge in [-0.25, -0.2) is 18.7 Å². The lowest BCUT2D eigenvalue weighted by molar-refractivity contribution is -0.134. The van der Waals surface area contributed by atoms with Crippen LogP contribution in [0, 0.1) is 12.3 Å². The van der Waals surface area contributed by atoms with Crippen LogP contribution < -0.4 is 15.5 Å². The molecule has 2 saturated heterocycles. The highest BCUT2D eigenvalue weighted by atomic mass is 19.3. The van der Waals surface area contributed by atoms with Crippen molar-refractivity contribution in [2.45, 2.75) is 102 Å². The largest absolute Gasteiger partial charge is 0.355 e.